The Labute approximate surface area is 173 Å². The van der Waals surface area contributed by atoms with Crippen molar-refractivity contribution in [3.05, 3.63) is 47.4 Å². The van der Waals surface area contributed by atoms with Crippen molar-refractivity contribution in [3.8, 4) is 11.5 Å². The van der Waals surface area contributed by atoms with Gasteiger partial charge in [-0.25, -0.2) is 15.0 Å². The maximum atomic E-state index is 12.8. The van der Waals surface area contributed by atoms with Crippen LogP contribution in [0.4, 0.5) is 42.0 Å². The fraction of sp³-hybridized carbons (Fsp3) is 0.167. The minimum Gasteiger partial charge on any atom is -0.486 e. The number of ether oxygens (including phenoxy) is 2. The van der Waals surface area contributed by atoms with E-state index in [-0.39, 0.29) is 28.2 Å². The summed E-state index contributed by atoms with van der Waals surface area (Å²) in [6.07, 6.45) is -2.65. The molecule has 12 heteroatoms. The monoisotopic (exact) mass is 438 g/mol. The number of fused-ring (bicyclic) bond motifs is 1. The van der Waals surface area contributed by atoms with Crippen LogP contribution in [0.15, 0.2) is 36.8 Å². The van der Waals surface area contributed by atoms with Gasteiger partial charge in [-0.1, -0.05) is 11.6 Å². The van der Waals surface area contributed by atoms with Crippen molar-refractivity contribution in [3.63, 3.8) is 0 Å². The minimum atomic E-state index is -4.55. The highest BCUT2D eigenvalue weighted by atomic mass is 35.5. The molecule has 156 valence electrons. The molecule has 0 bridgehead atoms. The molecule has 3 aromatic rings. The van der Waals surface area contributed by atoms with E-state index >= 15 is 0 Å². The second-order valence-electron chi connectivity index (χ2n) is 6.15. The number of benzene rings is 1. The lowest BCUT2D eigenvalue weighted by Crippen LogP contribution is -2.15. The van der Waals surface area contributed by atoms with E-state index in [2.05, 4.69) is 25.6 Å². The van der Waals surface area contributed by atoms with Crippen LogP contribution in [0.25, 0.3) is 0 Å². The first-order chi connectivity index (χ1) is 14.3. The van der Waals surface area contributed by atoms with E-state index in [4.69, 9.17) is 26.8 Å². The van der Waals surface area contributed by atoms with Crippen LogP contribution < -0.4 is 25.8 Å². The topological polar surface area (TPSA) is 107 Å². The highest BCUT2D eigenvalue weighted by molar-refractivity contribution is 6.33. The number of rotatable bonds is 4. The number of hydrogen-bond acceptors (Lipinski definition) is 8. The van der Waals surface area contributed by atoms with Gasteiger partial charge in [-0.2, -0.15) is 13.2 Å². The summed E-state index contributed by atoms with van der Waals surface area (Å²) >= 11 is 5.92. The van der Waals surface area contributed by atoms with Crippen LogP contribution >= 0.6 is 11.6 Å². The van der Waals surface area contributed by atoms with Crippen LogP contribution in [0.5, 0.6) is 11.5 Å². The molecule has 0 atom stereocenters. The van der Waals surface area contributed by atoms with Crippen LogP contribution in [0.1, 0.15) is 5.56 Å². The molecule has 2 aromatic heterocycles. The zero-order valence-electron chi connectivity index (χ0n) is 15.1. The van der Waals surface area contributed by atoms with Crippen molar-refractivity contribution >= 4 is 40.4 Å². The molecule has 0 saturated heterocycles. The van der Waals surface area contributed by atoms with Gasteiger partial charge in [0, 0.05) is 18.0 Å². The molecule has 0 saturated carbocycles. The molecule has 1 aromatic carbocycles. The first kappa shape index (κ1) is 19.8. The Balaban J connectivity index is 1.56. The Kier molecular flexibility index (Phi) is 5.12. The van der Waals surface area contributed by atoms with Crippen molar-refractivity contribution in [2.75, 3.05) is 29.6 Å². The van der Waals surface area contributed by atoms with Gasteiger partial charge in [-0.15, -0.1) is 0 Å². The molecule has 0 radical (unpaired) electrons. The summed E-state index contributed by atoms with van der Waals surface area (Å²) in [5.74, 6) is 1.58. The van der Waals surface area contributed by atoms with E-state index in [0.29, 0.717) is 36.6 Å². The zero-order valence-corrected chi connectivity index (χ0v) is 15.9. The second-order valence-corrected chi connectivity index (χ2v) is 6.55. The van der Waals surface area contributed by atoms with Crippen LogP contribution in [-0.2, 0) is 6.18 Å². The highest BCUT2D eigenvalue weighted by Gasteiger charge is 2.31. The quantitative estimate of drug-likeness (QED) is 0.550. The van der Waals surface area contributed by atoms with Crippen LogP contribution in [-0.4, -0.2) is 28.2 Å². The van der Waals surface area contributed by atoms with E-state index in [1.54, 1.807) is 18.2 Å². The van der Waals surface area contributed by atoms with Gasteiger partial charge in [0.25, 0.3) is 0 Å². The third-order valence-corrected chi connectivity index (χ3v) is 4.38. The van der Waals surface area contributed by atoms with Gasteiger partial charge in [-0.05, 0) is 18.2 Å². The van der Waals surface area contributed by atoms with E-state index in [0.717, 1.165) is 6.07 Å². The number of pyridine rings is 1. The standard InChI is InChI=1S/C18H14ClF3N6O2/c19-11-5-9(18(20,21)22)7-24-15(11)28-17-14(23)16(25-8-26-17)27-10-1-2-12-13(6-10)30-4-3-29-12/h1-2,5-8H,3-4,23H2,(H2,24,25,26,27,28). The molecule has 0 unspecified atom stereocenters. The third kappa shape index (κ3) is 4.10. The Bertz CT molecular complexity index is 1100. The maximum Gasteiger partial charge on any atom is 0.417 e. The maximum absolute atomic E-state index is 12.8. The second kappa shape index (κ2) is 7.75. The zero-order chi connectivity index (χ0) is 21.3. The lowest BCUT2D eigenvalue weighted by Gasteiger charge is -2.19. The predicted octanol–water partition coefficient (Wildman–Crippen LogP) is 4.38. The summed E-state index contributed by atoms with van der Waals surface area (Å²) < 4.78 is 49.3. The molecule has 8 nitrogen and oxygen atoms in total. The summed E-state index contributed by atoms with van der Waals surface area (Å²) in [6.45, 7) is 0.926. The SMILES string of the molecule is Nc1c(Nc2ccc3c(c2)OCCO3)ncnc1Nc1ncc(C(F)(F)F)cc1Cl. The Morgan fingerprint density at radius 1 is 0.933 bits per heavy atom. The van der Waals surface area contributed by atoms with Crippen molar-refractivity contribution in [2.24, 2.45) is 0 Å². The van der Waals surface area contributed by atoms with Crippen LogP contribution in [0.3, 0.4) is 0 Å². The van der Waals surface area contributed by atoms with Gasteiger partial charge < -0.3 is 25.8 Å². The summed E-state index contributed by atoms with van der Waals surface area (Å²) in [5, 5.41) is 5.53. The molecule has 1 aliphatic heterocycles. The number of nitrogens with two attached hydrogens (primary N) is 1. The Hall–Kier alpha value is -3.47. The summed E-state index contributed by atoms with van der Waals surface area (Å²) in [5.41, 5.74) is 5.90. The van der Waals surface area contributed by atoms with E-state index in [1.165, 1.54) is 6.33 Å². The smallest absolute Gasteiger partial charge is 0.417 e. The average molecular weight is 439 g/mol. The Morgan fingerprint density at radius 3 is 2.33 bits per heavy atom. The fourth-order valence-electron chi connectivity index (χ4n) is 2.65. The summed E-state index contributed by atoms with van der Waals surface area (Å²) in [6, 6.07) is 6.01. The number of alkyl halides is 3. The van der Waals surface area contributed by atoms with Crippen molar-refractivity contribution in [1.82, 2.24) is 15.0 Å². The lowest BCUT2D eigenvalue weighted by atomic mass is 10.2. The molecule has 0 spiro atoms. The first-order valence-electron chi connectivity index (χ1n) is 8.58. The molecule has 0 fully saturated rings. The number of hydrogen-bond donors (Lipinski definition) is 3. The molecule has 3 heterocycles. The van der Waals surface area contributed by atoms with Gasteiger partial charge in [0.15, 0.2) is 23.1 Å². The van der Waals surface area contributed by atoms with E-state index < -0.39 is 11.7 Å². The largest absolute Gasteiger partial charge is 0.486 e. The first-order valence-corrected chi connectivity index (χ1v) is 8.96. The van der Waals surface area contributed by atoms with E-state index in [9.17, 15) is 13.2 Å². The number of nitrogen functional groups attached to an aromatic ring is 1. The average Bonchev–Trinajstić information content (AvgIpc) is 2.71. The summed E-state index contributed by atoms with van der Waals surface area (Å²) in [7, 11) is 0. The van der Waals surface area contributed by atoms with Crippen molar-refractivity contribution in [2.45, 2.75) is 6.18 Å². The normalized spacial score (nSPS) is 13.1. The lowest BCUT2D eigenvalue weighted by molar-refractivity contribution is -0.137. The number of aromatic nitrogens is 3. The molecule has 4 rings (SSSR count). The number of halogens is 4. The predicted molar refractivity (Wildman–Crippen MR) is 105 cm³/mol. The van der Waals surface area contributed by atoms with Gasteiger partial charge >= 0.3 is 6.18 Å². The number of nitrogens with one attached hydrogen (secondary N) is 2. The van der Waals surface area contributed by atoms with Gasteiger partial charge in [0.2, 0.25) is 0 Å². The van der Waals surface area contributed by atoms with Gasteiger partial charge in [-0.3, -0.25) is 0 Å². The number of anilines is 5. The molecule has 0 amide bonds. The van der Waals surface area contributed by atoms with Gasteiger partial charge in [0.1, 0.15) is 31.0 Å². The number of nitrogens with zero attached hydrogens (tertiary/aromatic N) is 3. The molecule has 4 N–H and O–H groups in total. The van der Waals surface area contributed by atoms with Crippen molar-refractivity contribution in [1.29, 1.82) is 0 Å². The van der Waals surface area contributed by atoms with E-state index in [1.807, 2.05) is 0 Å². The Morgan fingerprint density at radius 2 is 1.63 bits per heavy atom. The molecular formula is C18H14ClF3N6O2. The van der Waals surface area contributed by atoms with Crippen LogP contribution in [0.2, 0.25) is 5.02 Å². The third-order valence-electron chi connectivity index (χ3n) is 4.09. The van der Waals surface area contributed by atoms with Crippen LogP contribution in [0, 0.1) is 0 Å². The summed E-state index contributed by atoms with van der Waals surface area (Å²) in [4.78, 5) is 11.8. The minimum absolute atomic E-state index is 0.0275. The fourth-order valence-corrected chi connectivity index (χ4v) is 2.86. The molecular weight excluding hydrogens is 425 g/mol. The van der Waals surface area contributed by atoms with Crippen molar-refractivity contribution < 1.29 is 22.6 Å². The molecule has 0 aliphatic carbocycles. The highest BCUT2D eigenvalue weighted by Crippen LogP contribution is 2.36. The molecule has 30 heavy (non-hydrogen) atoms. The van der Waals surface area contributed by atoms with Gasteiger partial charge in [0.05, 0.1) is 10.6 Å². The molecule has 1 aliphatic rings.